The van der Waals surface area contributed by atoms with Gasteiger partial charge >= 0.3 is 0 Å². The van der Waals surface area contributed by atoms with Crippen molar-refractivity contribution in [2.45, 2.75) is 39.7 Å². The molecule has 0 aliphatic carbocycles. The Kier molecular flexibility index (Phi) is 5.44. The van der Waals surface area contributed by atoms with Gasteiger partial charge in [0.05, 0.1) is 0 Å². The van der Waals surface area contributed by atoms with Gasteiger partial charge in [-0.25, -0.2) is 0 Å². The van der Waals surface area contributed by atoms with E-state index in [1.165, 1.54) is 0 Å². The molecule has 1 aliphatic rings. The highest BCUT2D eigenvalue weighted by Crippen LogP contribution is 2.35. The number of hydrogen-bond acceptors (Lipinski definition) is 6. The van der Waals surface area contributed by atoms with Crippen LogP contribution in [0.5, 0.6) is 11.5 Å². The maximum absolute atomic E-state index is 12.6. The second-order valence-corrected chi connectivity index (χ2v) is 8.57. The predicted octanol–water partition coefficient (Wildman–Crippen LogP) is 4.30. The number of carbonyl (C=O) groups is 1. The third-order valence-corrected chi connectivity index (χ3v) is 4.68. The highest BCUT2D eigenvalue weighted by atomic mass is 16.7. The van der Waals surface area contributed by atoms with E-state index >= 15 is 0 Å². The van der Waals surface area contributed by atoms with Crippen molar-refractivity contribution >= 4 is 5.91 Å². The van der Waals surface area contributed by atoms with Crippen LogP contribution in [0, 0.1) is 5.41 Å². The molecule has 3 aromatic rings. The van der Waals surface area contributed by atoms with E-state index in [0.717, 1.165) is 11.1 Å². The van der Waals surface area contributed by atoms with Gasteiger partial charge in [-0.2, -0.15) is 4.98 Å². The van der Waals surface area contributed by atoms with E-state index in [1.807, 2.05) is 69.3 Å². The molecule has 2 heterocycles. The lowest BCUT2D eigenvalue weighted by Crippen LogP contribution is -2.32. The van der Waals surface area contributed by atoms with Gasteiger partial charge in [-0.3, -0.25) is 4.79 Å². The number of fused-ring (bicyclic) bond motifs is 1. The summed E-state index contributed by atoms with van der Waals surface area (Å²) < 4.78 is 16.3. The first-order chi connectivity index (χ1) is 14.4. The van der Waals surface area contributed by atoms with Crippen LogP contribution in [0.25, 0.3) is 11.4 Å². The Hall–Kier alpha value is -3.35. The zero-order valence-electron chi connectivity index (χ0n) is 17.3. The monoisotopic (exact) mass is 407 g/mol. The van der Waals surface area contributed by atoms with Gasteiger partial charge in [-0.1, -0.05) is 56.3 Å². The molecule has 1 N–H and O–H groups in total. The Morgan fingerprint density at radius 2 is 1.87 bits per heavy atom. The third-order valence-electron chi connectivity index (χ3n) is 4.68. The number of amides is 1. The summed E-state index contributed by atoms with van der Waals surface area (Å²) in [5.41, 5.74) is 1.71. The van der Waals surface area contributed by atoms with Gasteiger partial charge in [0.1, 0.15) is 6.04 Å². The van der Waals surface area contributed by atoms with Gasteiger partial charge in [-0.15, -0.1) is 0 Å². The van der Waals surface area contributed by atoms with Crippen molar-refractivity contribution in [3.05, 3.63) is 60.0 Å². The minimum Gasteiger partial charge on any atom is -0.454 e. The molecule has 0 saturated carbocycles. The average Bonchev–Trinajstić information content (AvgIpc) is 3.36. The number of nitrogens with zero attached hydrogens (tertiary/aromatic N) is 2. The highest BCUT2D eigenvalue weighted by molar-refractivity contribution is 5.77. The molecule has 156 valence electrons. The van der Waals surface area contributed by atoms with Crippen LogP contribution in [0.3, 0.4) is 0 Å². The van der Waals surface area contributed by atoms with E-state index < -0.39 is 6.04 Å². The second kappa shape index (κ2) is 8.18. The maximum Gasteiger partial charge on any atom is 0.249 e. The second-order valence-electron chi connectivity index (χ2n) is 8.57. The van der Waals surface area contributed by atoms with Crippen molar-refractivity contribution in [2.24, 2.45) is 5.41 Å². The van der Waals surface area contributed by atoms with E-state index in [1.54, 1.807) is 0 Å². The molecular formula is C23H25N3O4. The molecule has 1 amide bonds. The molecule has 0 saturated heterocycles. The number of ether oxygens (including phenoxy) is 2. The number of aromatic nitrogens is 2. The largest absolute Gasteiger partial charge is 0.454 e. The van der Waals surface area contributed by atoms with Gasteiger partial charge in [0.2, 0.25) is 24.4 Å². The lowest BCUT2D eigenvalue weighted by molar-refractivity contribution is -0.123. The van der Waals surface area contributed by atoms with Crippen molar-refractivity contribution in [1.29, 1.82) is 0 Å². The predicted molar refractivity (Wildman–Crippen MR) is 111 cm³/mol. The summed E-state index contributed by atoms with van der Waals surface area (Å²) in [6, 6.07) is 15.0. The van der Waals surface area contributed by atoms with Crippen molar-refractivity contribution < 1.29 is 18.8 Å². The average molecular weight is 407 g/mol. The van der Waals surface area contributed by atoms with Gasteiger partial charge < -0.3 is 19.3 Å². The van der Waals surface area contributed by atoms with Gasteiger partial charge in [0.15, 0.2) is 11.5 Å². The Morgan fingerprint density at radius 1 is 1.10 bits per heavy atom. The van der Waals surface area contributed by atoms with Crippen LogP contribution in [0.2, 0.25) is 0 Å². The summed E-state index contributed by atoms with van der Waals surface area (Å²) in [5, 5.41) is 7.19. The molecule has 2 aromatic carbocycles. The van der Waals surface area contributed by atoms with E-state index in [0.29, 0.717) is 36.1 Å². The van der Waals surface area contributed by atoms with E-state index in [-0.39, 0.29) is 18.1 Å². The molecule has 0 unspecified atom stereocenters. The summed E-state index contributed by atoms with van der Waals surface area (Å²) in [6.45, 7) is 6.30. The Bertz CT molecular complexity index is 1020. The number of benzene rings is 2. The Labute approximate surface area is 175 Å². The zero-order chi connectivity index (χ0) is 21.1. The van der Waals surface area contributed by atoms with Crippen molar-refractivity contribution in [3.63, 3.8) is 0 Å². The molecule has 7 heteroatoms. The molecular weight excluding hydrogens is 382 g/mol. The SMILES string of the molecule is CC(C)(C)CC(=O)N[C@@H](Cc1ccccc1)c1nc(-c2ccc3c(c2)OCO3)no1. The molecule has 1 atom stereocenters. The van der Waals surface area contributed by atoms with Crippen LogP contribution < -0.4 is 14.8 Å². The highest BCUT2D eigenvalue weighted by Gasteiger charge is 2.25. The van der Waals surface area contributed by atoms with Crippen LogP contribution in [0.1, 0.15) is 44.7 Å². The first kappa shape index (κ1) is 19.9. The number of nitrogens with one attached hydrogen (secondary N) is 1. The Morgan fingerprint density at radius 3 is 2.63 bits per heavy atom. The molecule has 7 nitrogen and oxygen atoms in total. The van der Waals surface area contributed by atoms with Crippen LogP contribution in [0.15, 0.2) is 53.1 Å². The zero-order valence-corrected chi connectivity index (χ0v) is 17.3. The van der Waals surface area contributed by atoms with E-state index in [4.69, 9.17) is 14.0 Å². The number of rotatable bonds is 6. The molecule has 0 radical (unpaired) electrons. The standard InChI is InChI=1S/C23H25N3O4/c1-23(2,3)13-20(27)24-17(11-15-7-5-4-6-8-15)22-25-21(26-30-22)16-9-10-18-19(12-16)29-14-28-18/h4-10,12,17H,11,13-14H2,1-3H3,(H,24,27)/t17-/m0/s1. The normalized spacial score (nSPS) is 13.8. The summed E-state index contributed by atoms with van der Waals surface area (Å²) in [5.74, 6) is 2.10. The van der Waals surface area contributed by atoms with Crippen LogP contribution in [0.4, 0.5) is 0 Å². The summed E-state index contributed by atoms with van der Waals surface area (Å²) in [4.78, 5) is 17.2. The summed E-state index contributed by atoms with van der Waals surface area (Å²) in [7, 11) is 0. The van der Waals surface area contributed by atoms with E-state index in [2.05, 4.69) is 15.5 Å². The van der Waals surface area contributed by atoms with Gasteiger partial charge in [-0.05, 0) is 29.2 Å². The first-order valence-electron chi connectivity index (χ1n) is 9.94. The lowest BCUT2D eigenvalue weighted by atomic mass is 9.91. The smallest absolute Gasteiger partial charge is 0.249 e. The quantitative estimate of drug-likeness (QED) is 0.656. The topological polar surface area (TPSA) is 86.5 Å². The number of carbonyl (C=O) groups excluding carboxylic acids is 1. The molecule has 30 heavy (non-hydrogen) atoms. The fourth-order valence-corrected chi connectivity index (χ4v) is 3.31. The van der Waals surface area contributed by atoms with Gasteiger partial charge in [0, 0.05) is 18.4 Å². The van der Waals surface area contributed by atoms with Crippen LogP contribution in [-0.2, 0) is 11.2 Å². The van der Waals surface area contributed by atoms with Crippen LogP contribution >= 0.6 is 0 Å². The molecule has 1 aliphatic heterocycles. The molecule has 0 fully saturated rings. The minimum atomic E-state index is -0.419. The third kappa shape index (κ3) is 4.79. The first-order valence-corrected chi connectivity index (χ1v) is 9.94. The fourth-order valence-electron chi connectivity index (χ4n) is 3.31. The maximum atomic E-state index is 12.6. The van der Waals surface area contributed by atoms with Crippen molar-refractivity contribution in [1.82, 2.24) is 15.5 Å². The summed E-state index contributed by atoms with van der Waals surface area (Å²) >= 11 is 0. The molecule has 4 rings (SSSR count). The van der Waals surface area contributed by atoms with Crippen molar-refractivity contribution in [3.8, 4) is 22.9 Å². The molecule has 0 spiro atoms. The van der Waals surface area contributed by atoms with Gasteiger partial charge in [0.25, 0.3) is 0 Å². The fraction of sp³-hybridized carbons (Fsp3) is 0.348. The minimum absolute atomic E-state index is 0.0498. The van der Waals surface area contributed by atoms with Crippen molar-refractivity contribution in [2.75, 3.05) is 6.79 Å². The summed E-state index contributed by atoms with van der Waals surface area (Å²) in [6.07, 6.45) is 0.959. The van der Waals surface area contributed by atoms with Crippen LogP contribution in [-0.4, -0.2) is 22.8 Å². The van der Waals surface area contributed by atoms with E-state index in [9.17, 15) is 4.79 Å². The lowest BCUT2D eigenvalue weighted by Gasteiger charge is -2.20. The molecule has 0 bridgehead atoms. The number of hydrogen-bond donors (Lipinski definition) is 1. The molecule has 1 aromatic heterocycles. The Balaban J connectivity index is 1.58.